The Morgan fingerprint density at radius 1 is 1.12 bits per heavy atom. The highest BCUT2D eigenvalue weighted by Crippen LogP contribution is 2.68. The number of carbonyl (C=O) groups excluding carboxylic acids is 2. The number of benzene rings is 1. The second kappa shape index (κ2) is 8.70. The highest BCUT2D eigenvalue weighted by Gasteiger charge is 2.68. The summed E-state index contributed by atoms with van der Waals surface area (Å²) in [6.45, 7) is 3.96. The molecule has 1 heterocycles. The molecule has 0 saturated heterocycles. The molecule has 0 unspecified atom stereocenters. The minimum Gasteiger partial charge on any atom is -0.484 e. The van der Waals surface area contributed by atoms with Crippen LogP contribution in [0, 0.1) is 11.2 Å². The number of halogens is 2. The van der Waals surface area contributed by atoms with Crippen LogP contribution in [0.1, 0.15) is 51.1 Å². The van der Waals surface area contributed by atoms with Crippen molar-refractivity contribution in [2.75, 3.05) is 13.2 Å². The predicted molar refractivity (Wildman–Crippen MR) is 118 cm³/mol. The molecule has 6 nitrogen and oxygen atoms in total. The van der Waals surface area contributed by atoms with Crippen LogP contribution in [0.5, 0.6) is 11.5 Å². The fraction of sp³-hybridized carbons (Fsp3) is 0.458. The van der Waals surface area contributed by atoms with Gasteiger partial charge in [0.1, 0.15) is 23.9 Å². The van der Waals surface area contributed by atoms with Gasteiger partial charge < -0.3 is 14.8 Å². The van der Waals surface area contributed by atoms with Crippen molar-refractivity contribution in [2.24, 2.45) is 5.41 Å². The Labute approximate surface area is 191 Å². The number of nitrogens with one attached hydrogen (secondary N) is 1. The van der Waals surface area contributed by atoms with E-state index in [1.807, 2.05) is 12.1 Å². The highest BCUT2D eigenvalue weighted by molar-refractivity contribution is 6.30. The summed E-state index contributed by atoms with van der Waals surface area (Å²) in [4.78, 5) is 28.9. The van der Waals surface area contributed by atoms with Gasteiger partial charge in [-0.2, -0.15) is 0 Å². The standard InChI is InChI=1S/C24H26ClFN2O4/c1-15(2)21-6-4-18(9-27-21)31-10-16(29)8-23-12-24(13-23,14-23)28-22(30)11-32-17-3-5-19(25)20(26)7-17/h3-7,9,15H,8,10-14H2,1-2H3,(H,28,30). The maximum Gasteiger partial charge on any atom is 0.258 e. The van der Waals surface area contributed by atoms with E-state index in [2.05, 4.69) is 24.1 Å². The molecule has 32 heavy (non-hydrogen) atoms. The Kier molecular flexibility index (Phi) is 6.12. The van der Waals surface area contributed by atoms with Crippen molar-refractivity contribution in [2.45, 2.75) is 51.0 Å². The molecular formula is C24H26ClFN2O4. The summed E-state index contributed by atoms with van der Waals surface area (Å²) in [5, 5.41) is 2.99. The summed E-state index contributed by atoms with van der Waals surface area (Å²) in [6.07, 6.45) is 4.42. The molecule has 3 aliphatic carbocycles. The van der Waals surface area contributed by atoms with Crippen molar-refractivity contribution in [3.63, 3.8) is 0 Å². The number of hydrogen-bond donors (Lipinski definition) is 1. The Morgan fingerprint density at radius 2 is 1.81 bits per heavy atom. The molecule has 0 spiro atoms. The molecule has 8 heteroatoms. The molecule has 2 aromatic rings. The van der Waals surface area contributed by atoms with Crippen molar-refractivity contribution in [1.82, 2.24) is 10.3 Å². The zero-order chi connectivity index (χ0) is 22.9. The number of hydrogen-bond acceptors (Lipinski definition) is 5. The lowest BCUT2D eigenvalue weighted by atomic mass is 9.38. The summed E-state index contributed by atoms with van der Waals surface area (Å²) in [7, 11) is 0. The molecule has 5 rings (SSSR count). The summed E-state index contributed by atoms with van der Waals surface area (Å²) in [5.74, 6) is 0.366. The first-order valence-electron chi connectivity index (χ1n) is 10.7. The Balaban J connectivity index is 1.16. The Hall–Kier alpha value is -2.67. The van der Waals surface area contributed by atoms with Crippen LogP contribution in [-0.4, -0.2) is 35.4 Å². The van der Waals surface area contributed by atoms with Gasteiger partial charge in [-0.25, -0.2) is 4.39 Å². The zero-order valence-corrected chi connectivity index (χ0v) is 18.9. The fourth-order valence-corrected chi connectivity index (χ4v) is 4.93. The van der Waals surface area contributed by atoms with Gasteiger partial charge in [0.2, 0.25) is 0 Å². The van der Waals surface area contributed by atoms with Crippen LogP contribution >= 0.6 is 11.6 Å². The normalized spacial score (nSPS) is 23.2. The zero-order valence-electron chi connectivity index (χ0n) is 18.1. The van der Waals surface area contributed by atoms with E-state index in [4.69, 9.17) is 21.1 Å². The van der Waals surface area contributed by atoms with Crippen molar-refractivity contribution in [3.05, 3.63) is 53.1 Å². The Bertz CT molecular complexity index is 1010. The molecule has 1 aromatic heterocycles. The molecule has 1 amide bonds. The van der Waals surface area contributed by atoms with Crippen LogP contribution in [0.15, 0.2) is 36.5 Å². The number of amides is 1. The number of aromatic nitrogens is 1. The van der Waals surface area contributed by atoms with Gasteiger partial charge in [-0.15, -0.1) is 0 Å². The van der Waals surface area contributed by atoms with Crippen LogP contribution in [0.2, 0.25) is 5.02 Å². The SMILES string of the molecule is CC(C)c1ccc(OCC(=O)CC23CC(NC(=O)COc4ccc(Cl)c(F)c4)(C2)C3)cn1. The molecular weight excluding hydrogens is 435 g/mol. The fourth-order valence-electron chi connectivity index (χ4n) is 4.82. The minimum absolute atomic E-state index is 0.00149. The van der Waals surface area contributed by atoms with E-state index in [9.17, 15) is 14.0 Å². The van der Waals surface area contributed by atoms with E-state index in [0.717, 1.165) is 31.0 Å². The lowest BCUT2D eigenvalue weighted by Crippen LogP contribution is -2.75. The van der Waals surface area contributed by atoms with E-state index < -0.39 is 5.82 Å². The third kappa shape index (κ3) is 4.88. The van der Waals surface area contributed by atoms with Crippen molar-refractivity contribution in [3.8, 4) is 11.5 Å². The van der Waals surface area contributed by atoms with Crippen molar-refractivity contribution < 1.29 is 23.5 Å². The molecule has 3 aliphatic rings. The first-order valence-corrected chi connectivity index (χ1v) is 11.0. The topological polar surface area (TPSA) is 77.5 Å². The molecule has 1 aromatic carbocycles. The van der Waals surface area contributed by atoms with Crippen LogP contribution in [-0.2, 0) is 9.59 Å². The van der Waals surface area contributed by atoms with Gasteiger partial charge >= 0.3 is 0 Å². The number of ether oxygens (including phenoxy) is 2. The average Bonchev–Trinajstić information content (AvgIpc) is 2.71. The number of ketones is 1. The van der Waals surface area contributed by atoms with Crippen LogP contribution < -0.4 is 14.8 Å². The number of nitrogens with zero attached hydrogens (tertiary/aromatic N) is 1. The Morgan fingerprint density at radius 3 is 2.44 bits per heavy atom. The number of Topliss-reactive ketones (excluding diaryl/α,β-unsaturated/α-hetero) is 1. The molecule has 3 fully saturated rings. The summed E-state index contributed by atoms with van der Waals surface area (Å²) in [5.41, 5.74) is 0.701. The van der Waals surface area contributed by atoms with Gasteiger partial charge in [-0.05, 0) is 54.9 Å². The summed E-state index contributed by atoms with van der Waals surface area (Å²) < 4.78 is 24.3. The maximum absolute atomic E-state index is 13.4. The number of carbonyl (C=O) groups is 2. The second-order valence-electron chi connectivity index (χ2n) is 9.30. The van der Waals surface area contributed by atoms with Crippen molar-refractivity contribution in [1.29, 1.82) is 0 Å². The molecule has 1 N–H and O–H groups in total. The van der Waals surface area contributed by atoms with Gasteiger partial charge in [-0.3, -0.25) is 14.6 Å². The number of pyridine rings is 1. The summed E-state index contributed by atoms with van der Waals surface area (Å²) in [6, 6.07) is 7.78. The first-order chi connectivity index (χ1) is 15.2. The molecule has 0 radical (unpaired) electrons. The van der Waals surface area contributed by atoms with Gasteiger partial charge in [0, 0.05) is 23.7 Å². The van der Waals surface area contributed by atoms with Crippen LogP contribution in [0.25, 0.3) is 0 Å². The predicted octanol–water partition coefficient (Wildman–Crippen LogP) is 4.45. The second-order valence-corrected chi connectivity index (χ2v) is 9.71. The van der Waals surface area contributed by atoms with Crippen LogP contribution in [0.4, 0.5) is 4.39 Å². The first kappa shape index (κ1) is 22.5. The minimum atomic E-state index is -0.594. The van der Waals surface area contributed by atoms with E-state index in [1.54, 1.807) is 6.20 Å². The van der Waals surface area contributed by atoms with E-state index >= 15 is 0 Å². The molecule has 170 valence electrons. The largest absolute Gasteiger partial charge is 0.484 e. The van der Waals surface area contributed by atoms with Gasteiger partial charge in [0.05, 0.1) is 11.2 Å². The lowest BCUT2D eigenvalue weighted by Gasteiger charge is -2.70. The van der Waals surface area contributed by atoms with Gasteiger partial charge in [0.15, 0.2) is 12.4 Å². The molecule has 0 atom stereocenters. The maximum atomic E-state index is 13.4. The van der Waals surface area contributed by atoms with Crippen molar-refractivity contribution >= 4 is 23.3 Å². The van der Waals surface area contributed by atoms with E-state index in [0.29, 0.717) is 18.1 Å². The molecule has 2 bridgehead atoms. The van der Waals surface area contributed by atoms with Gasteiger partial charge in [0.25, 0.3) is 5.91 Å². The molecule has 3 saturated carbocycles. The lowest BCUT2D eigenvalue weighted by molar-refractivity contribution is -0.173. The van der Waals surface area contributed by atoms with E-state index in [-0.39, 0.29) is 46.6 Å². The molecule has 0 aliphatic heterocycles. The summed E-state index contributed by atoms with van der Waals surface area (Å²) >= 11 is 5.63. The third-order valence-electron chi connectivity index (χ3n) is 6.13. The number of rotatable bonds is 10. The highest BCUT2D eigenvalue weighted by atomic mass is 35.5. The quantitative estimate of drug-likeness (QED) is 0.566. The van der Waals surface area contributed by atoms with Crippen LogP contribution in [0.3, 0.4) is 0 Å². The van der Waals surface area contributed by atoms with E-state index in [1.165, 1.54) is 12.1 Å². The third-order valence-corrected chi connectivity index (χ3v) is 6.44. The monoisotopic (exact) mass is 460 g/mol. The van der Waals surface area contributed by atoms with Gasteiger partial charge in [-0.1, -0.05) is 25.4 Å². The average molecular weight is 461 g/mol. The smallest absolute Gasteiger partial charge is 0.258 e.